The summed E-state index contributed by atoms with van der Waals surface area (Å²) in [5.74, 6) is -0.437. The van der Waals surface area contributed by atoms with Crippen LogP contribution in [-0.2, 0) is 23.1 Å². The average Bonchev–Trinajstić information content (AvgIpc) is 2.75. The molecule has 6 nitrogen and oxygen atoms in total. The Morgan fingerprint density at radius 1 is 0.793 bits per heavy atom. The molecule has 0 aliphatic heterocycles. The van der Waals surface area contributed by atoms with Gasteiger partial charge in [0, 0.05) is 25.7 Å². The van der Waals surface area contributed by atoms with Crippen LogP contribution >= 0.6 is 0 Å². The van der Waals surface area contributed by atoms with Crippen LogP contribution in [0.5, 0.6) is 0 Å². The fourth-order valence-corrected chi connectivity index (χ4v) is 3.84. The summed E-state index contributed by atoms with van der Waals surface area (Å²) in [5.41, 5.74) is 2.63. The molecule has 3 aromatic rings. The predicted molar refractivity (Wildman–Crippen MR) is 112 cm³/mol. The molecular weight excluding hydrogens is 386 g/mol. The van der Waals surface area contributed by atoms with Gasteiger partial charge in [-0.05, 0) is 35.4 Å². The quantitative estimate of drug-likeness (QED) is 0.561. The molecule has 0 bridgehead atoms. The van der Waals surface area contributed by atoms with Crippen LogP contribution in [0, 0.1) is 0 Å². The van der Waals surface area contributed by atoms with Gasteiger partial charge >= 0.3 is 0 Å². The minimum atomic E-state index is -3.81. The van der Waals surface area contributed by atoms with Crippen molar-refractivity contribution in [2.24, 2.45) is 0 Å². The highest BCUT2D eigenvalue weighted by molar-refractivity contribution is 7.89. The average molecular weight is 410 g/mol. The van der Waals surface area contributed by atoms with Gasteiger partial charge in [-0.2, -0.15) is 0 Å². The second-order valence-corrected chi connectivity index (χ2v) is 8.22. The zero-order valence-corrected chi connectivity index (χ0v) is 16.9. The van der Waals surface area contributed by atoms with Gasteiger partial charge < -0.3 is 5.32 Å². The molecule has 0 unspecified atom stereocenters. The monoisotopic (exact) mass is 409 g/mol. The van der Waals surface area contributed by atoms with Crippen molar-refractivity contribution in [3.8, 4) is 0 Å². The molecule has 0 aromatic heterocycles. The smallest absolute Gasteiger partial charge is 0.268 e. The van der Waals surface area contributed by atoms with E-state index >= 15 is 0 Å². The minimum absolute atomic E-state index is 0.0967. The van der Waals surface area contributed by atoms with Crippen LogP contribution in [0.1, 0.15) is 21.5 Å². The van der Waals surface area contributed by atoms with E-state index in [0.717, 1.165) is 17.1 Å². The van der Waals surface area contributed by atoms with Crippen LogP contribution in [0.4, 0.5) is 0 Å². The lowest BCUT2D eigenvalue weighted by molar-refractivity contribution is 0.0764. The summed E-state index contributed by atoms with van der Waals surface area (Å²) in [4.78, 5) is 14.9. The first-order valence-corrected chi connectivity index (χ1v) is 10.6. The van der Waals surface area contributed by atoms with Crippen molar-refractivity contribution in [3.05, 3.63) is 102 Å². The van der Waals surface area contributed by atoms with Crippen molar-refractivity contribution >= 4 is 15.9 Å². The Kier molecular flexibility index (Phi) is 6.77. The van der Waals surface area contributed by atoms with Crippen LogP contribution in [-0.4, -0.2) is 26.4 Å². The first-order valence-electron chi connectivity index (χ1n) is 9.15. The van der Waals surface area contributed by atoms with Gasteiger partial charge in [0.1, 0.15) is 0 Å². The van der Waals surface area contributed by atoms with E-state index in [9.17, 15) is 13.2 Å². The molecule has 0 heterocycles. The molecule has 0 fully saturated rings. The third-order valence-corrected chi connectivity index (χ3v) is 5.72. The number of nitrogens with one attached hydrogen (secondary N) is 2. The Morgan fingerprint density at radius 3 is 1.90 bits per heavy atom. The summed E-state index contributed by atoms with van der Waals surface area (Å²) >= 11 is 0. The van der Waals surface area contributed by atoms with E-state index in [4.69, 9.17) is 0 Å². The first-order chi connectivity index (χ1) is 14.0. The molecule has 0 radical (unpaired) electrons. The standard InChI is InChI=1S/C22H23N3O3S/c1-25(24-29(27,28)21-10-6-3-7-11-21)22(26)20-14-12-19(13-15-20)17-23-16-18-8-4-2-5-9-18/h2-15,23-24H,16-17H2,1H3. The molecule has 2 N–H and O–H groups in total. The lowest BCUT2D eigenvalue weighted by Gasteiger charge is -2.18. The largest absolute Gasteiger partial charge is 0.309 e. The lowest BCUT2D eigenvalue weighted by Crippen LogP contribution is -2.43. The molecule has 0 spiro atoms. The number of benzene rings is 3. The number of hydrogen-bond donors (Lipinski definition) is 2. The van der Waals surface area contributed by atoms with E-state index in [1.54, 1.807) is 30.3 Å². The van der Waals surface area contributed by atoms with Crippen molar-refractivity contribution in [1.82, 2.24) is 15.2 Å². The Morgan fingerprint density at radius 2 is 1.31 bits per heavy atom. The number of amides is 1. The molecule has 1 amide bonds. The normalized spacial score (nSPS) is 11.2. The highest BCUT2D eigenvalue weighted by Gasteiger charge is 2.20. The Balaban J connectivity index is 1.56. The molecule has 0 saturated heterocycles. The maximum Gasteiger partial charge on any atom is 0.268 e. The summed E-state index contributed by atoms with van der Waals surface area (Å²) in [5, 5.41) is 4.33. The van der Waals surface area contributed by atoms with Gasteiger partial charge in [0.2, 0.25) is 0 Å². The molecule has 3 rings (SSSR count). The summed E-state index contributed by atoms with van der Waals surface area (Å²) in [7, 11) is -2.43. The van der Waals surface area contributed by atoms with Crippen molar-refractivity contribution in [2.45, 2.75) is 18.0 Å². The number of rotatable bonds is 8. The fraction of sp³-hybridized carbons (Fsp3) is 0.136. The van der Waals surface area contributed by atoms with Crippen LogP contribution < -0.4 is 10.1 Å². The molecule has 29 heavy (non-hydrogen) atoms. The third-order valence-electron chi connectivity index (χ3n) is 4.32. The van der Waals surface area contributed by atoms with Gasteiger partial charge in [0.05, 0.1) is 4.90 Å². The van der Waals surface area contributed by atoms with Crippen molar-refractivity contribution in [3.63, 3.8) is 0 Å². The predicted octanol–water partition coefficient (Wildman–Crippen LogP) is 2.94. The summed E-state index contributed by atoms with van der Waals surface area (Å²) in [6.07, 6.45) is 0. The van der Waals surface area contributed by atoms with Gasteiger partial charge in [-0.1, -0.05) is 60.7 Å². The molecule has 0 atom stereocenters. The van der Waals surface area contributed by atoms with Gasteiger partial charge in [-0.15, -0.1) is 4.83 Å². The van der Waals surface area contributed by atoms with E-state index in [0.29, 0.717) is 12.1 Å². The Hall–Kier alpha value is -3.00. The molecule has 150 valence electrons. The topological polar surface area (TPSA) is 78.5 Å². The van der Waals surface area contributed by atoms with Gasteiger partial charge in [-0.3, -0.25) is 9.80 Å². The number of hydrazine groups is 1. The highest BCUT2D eigenvalue weighted by Crippen LogP contribution is 2.10. The van der Waals surface area contributed by atoms with E-state index in [1.165, 1.54) is 24.7 Å². The zero-order valence-electron chi connectivity index (χ0n) is 16.1. The maximum absolute atomic E-state index is 12.5. The van der Waals surface area contributed by atoms with Gasteiger partial charge in [0.25, 0.3) is 15.9 Å². The van der Waals surface area contributed by atoms with Crippen LogP contribution in [0.15, 0.2) is 89.8 Å². The number of sulfonamides is 1. The van der Waals surface area contributed by atoms with Crippen molar-refractivity contribution < 1.29 is 13.2 Å². The number of nitrogens with zero attached hydrogens (tertiary/aromatic N) is 1. The summed E-state index contributed by atoms with van der Waals surface area (Å²) < 4.78 is 24.7. The van der Waals surface area contributed by atoms with Crippen molar-refractivity contribution in [1.29, 1.82) is 0 Å². The molecule has 0 saturated carbocycles. The highest BCUT2D eigenvalue weighted by atomic mass is 32.2. The Bertz CT molecular complexity index is 1040. The van der Waals surface area contributed by atoms with Crippen molar-refractivity contribution in [2.75, 3.05) is 7.05 Å². The number of carbonyl (C=O) groups excluding carboxylic acids is 1. The second-order valence-electron chi connectivity index (χ2n) is 6.56. The van der Waals surface area contributed by atoms with Crippen LogP contribution in [0.2, 0.25) is 0 Å². The SMILES string of the molecule is CN(NS(=O)(=O)c1ccccc1)C(=O)c1ccc(CNCc2ccccc2)cc1. The van der Waals surface area contributed by atoms with E-state index < -0.39 is 15.9 Å². The Labute approximate surface area is 171 Å². The maximum atomic E-state index is 12.5. The number of carbonyl (C=O) groups is 1. The summed E-state index contributed by atoms with van der Waals surface area (Å²) in [6, 6.07) is 25.1. The minimum Gasteiger partial charge on any atom is -0.309 e. The van der Waals surface area contributed by atoms with E-state index in [1.807, 2.05) is 30.3 Å². The molecule has 3 aromatic carbocycles. The van der Waals surface area contributed by atoms with Gasteiger partial charge in [-0.25, -0.2) is 8.42 Å². The number of hydrogen-bond acceptors (Lipinski definition) is 4. The van der Waals surface area contributed by atoms with E-state index in [-0.39, 0.29) is 4.90 Å². The lowest BCUT2D eigenvalue weighted by atomic mass is 10.1. The first kappa shape index (κ1) is 20.7. The molecular formula is C22H23N3O3S. The fourth-order valence-electron chi connectivity index (χ4n) is 2.78. The molecule has 0 aliphatic carbocycles. The second kappa shape index (κ2) is 9.47. The molecule has 0 aliphatic rings. The summed E-state index contributed by atoms with van der Waals surface area (Å²) in [6.45, 7) is 1.42. The van der Waals surface area contributed by atoms with Gasteiger partial charge in [0.15, 0.2) is 0 Å². The van der Waals surface area contributed by atoms with Crippen LogP contribution in [0.3, 0.4) is 0 Å². The van der Waals surface area contributed by atoms with Crippen LogP contribution in [0.25, 0.3) is 0 Å². The molecule has 7 heteroatoms. The zero-order chi connectivity index (χ0) is 20.7. The van der Waals surface area contributed by atoms with E-state index in [2.05, 4.69) is 22.3 Å². The third kappa shape index (κ3) is 5.74.